The molecular weight excluding hydrogens is 378 g/mol. The number of carbonyl (C=O) groups is 2. The van der Waals surface area contributed by atoms with Gasteiger partial charge in [0.1, 0.15) is 0 Å². The number of nitrogens with one attached hydrogen (secondary N) is 2. The molecule has 1 aromatic rings. The van der Waals surface area contributed by atoms with Crippen LogP contribution in [0.2, 0.25) is 0 Å². The van der Waals surface area contributed by atoms with Gasteiger partial charge in [0, 0.05) is 36.2 Å². The number of anilines is 1. The molecule has 2 N–H and O–H groups in total. The fourth-order valence-electron chi connectivity index (χ4n) is 3.40. The number of hydrogen-bond donors (Lipinski definition) is 2. The summed E-state index contributed by atoms with van der Waals surface area (Å²) >= 11 is 0. The highest BCUT2D eigenvalue weighted by atomic mass is 32.2. The number of likely N-dealkylation sites (tertiary alicyclic amines) is 1. The van der Waals surface area contributed by atoms with Crippen molar-refractivity contribution in [3.05, 3.63) is 24.3 Å². The van der Waals surface area contributed by atoms with Gasteiger partial charge in [-0.25, -0.2) is 13.1 Å². The summed E-state index contributed by atoms with van der Waals surface area (Å²) in [6.07, 6.45) is 3.24. The maximum atomic E-state index is 12.6. The van der Waals surface area contributed by atoms with E-state index in [1.165, 1.54) is 12.1 Å². The van der Waals surface area contributed by atoms with Crippen molar-refractivity contribution in [1.82, 2.24) is 9.62 Å². The number of rotatable bonds is 5. The largest absolute Gasteiger partial charge is 0.342 e. The van der Waals surface area contributed by atoms with Gasteiger partial charge in [0.15, 0.2) is 0 Å². The number of piperidine rings is 1. The molecular formula is C20H29N3O4S. The number of hydrogen-bond acceptors (Lipinski definition) is 4. The van der Waals surface area contributed by atoms with Crippen LogP contribution in [0.3, 0.4) is 0 Å². The van der Waals surface area contributed by atoms with E-state index in [-0.39, 0.29) is 28.5 Å². The molecule has 0 radical (unpaired) electrons. The van der Waals surface area contributed by atoms with E-state index >= 15 is 0 Å². The number of carbonyl (C=O) groups excluding carboxylic acids is 2. The first kappa shape index (κ1) is 20.8. The molecule has 3 rings (SSSR count). The zero-order chi connectivity index (χ0) is 20.5. The van der Waals surface area contributed by atoms with E-state index < -0.39 is 15.6 Å². The van der Waals surface area contributed by atoms with Gasteiger partial charge in [-0.05, 0) is 64.7 Å². The van der Waals surface area contributed by atoms with Crippen LogP contribution in [-0.4, -0.2) is 43.8 Å². The molecule has 2 amide bonds. The van der Waals surface area contributed by atoms with E-state index in [4.69, 9.17) is 0 Å². The van der Waals surface area contributed by atoms with Crippen molar-refractivity contribution < 1.29 is 18.0 Å². The topological polar surface area (TPSA) is 95.6 Å². The Balaban J connectivity index is 1.59. The normalized spacial score (nSPS) is 18.8. The van der Waals surface area contributed by atoms with E-state index in [2.05, 4.69) is 10.0 Å². The average molecular weight is 408 g/mol. The van der Waals surface area contributed by atoms with Crippen LogP contribution in [0.25, 0.3) is 0 Å². The van der Waals surface area contributed by atoms with E-state index in [1.54, 1.807) is 32.9 Å². The van der Waals surface area contributed by atoms with E-state index in [0.717, 1.165) is 12.8 Å². The van der Waals surface area contributed by atoms with E-state index in [1.807, 2.05) is 4.90 Å². The molecule has 1 aliphatic heterocycles. The summed E-state index contributed by atoms with van der Waals surface area (Å²) in [5, 5.41) is 2.83. The van der Waals surface area contributed by atoms with E-state index in [9.17, 15) is 18.0 Å². The molecule has 1 aliphatic carbocycles. The summed E-state index contributed by atoms with van der Waals surface area (Å²) in [6.45, 7) is 6.54. The first-order chi connectivity index (χ1) is 13.0. The lowest BCUT2D eigenvalue weighted by Gasteiger charge is -2.31. The van der Waals surface area contributed by atoms with Crippen LogP contribution in [0.5, 0.6) is 0 Å². The summed E-state index contributed by atoms with van der Waals surface area (Å²) < 4.78 is 27.6. The number of sulfonamides is 1. The molecule has 1 saturated carbocycles. The predicted octanol–water partition coefficient (Wildman–Crippen LogP) is 2.35. The Morgan fingerprint density at radius 3 is 2.25 bits per heavy atom. The van der Waals surface area contributed by atoms with Gasteiger partial charge in [-0.3, -0.25) is 9.59 Å². The van der Waals surface area contributed by atoms with Crippen molar-refractivity contribution in [3.8, 4) is 0 Å². The molecule has 0 unspecified atom stereocenters. The van der Waals surface area contributed by atoms with Crippen molar-refractivity contribution in [2.45, 2.75) is 56.9 Å². The van der Waals surface area contributed by atoms with E-state index in [0.29, 0.717) is 31.6 Å². The Morgan fingerprint density at radius 1 is 1.04 bits per heavy atom. The molecule has 28 heavy (non-hydrogen) atoms. The van der Waals surface area contributed by atoms with Crippen LogP contribution >= 0.6 is 0 Å². The SMILES string of the molecule is CC(C)(C)NS(=O)(=O)c1cccc(NC(=O)C2CCN(C(=O)C3CC3)CC2)c1. The first-order valence-electron chi connectivity index (χ1n) is 9.79. The van der Waals surface area contributed by atoms with Crippen LogP contribution in [0, 0.1) is 11.8 Å². The standard InChI is InChI=1S/C20H29N3O4S/c1-20(2,3)22-28(26,27)17-6-4-5-16(13-17)21-18(24)14-9-11-23(12-10-14)19(25)15-7-8-15/h4-6,13-15,22H,7-12H2,1-3H3,(H,21,24). The number of nitrogens with zero attached hydrogens (tertiary/aromatic N) is 1. The van der Waals surface area contributed by atoms with Gasteiger partial charge in [0.25, 0.3) is 0 Å². The van der Waals surface area contributed by atoms with Gasteiger partial charge < -0.3 is 10.2 Å². The minimum atomic E-state index is -3.67. The Labute approximate surface area is 166 Å². The minimum absolute atomic E-state index is 0.116. The molecule has 7 nitrogen and oxygen atoms in total. The Kier molecular flexibility index (Phi) is 5.82. The Bertz CT molecular complexity index is 848. The van der Waals surface area contributed by atoms with Crippen LogP contribution < -0.4 is 10.0 Å². The van der Waals surface area contributed by atoms with Gasteiger partial charge >= 0.3 is 0 Å². The fraction of sp³-hybridized carbons (Fsp3) is 0.600. The highest BCUT2D eigenvalue weighted by Gasteiger charge is 2.36. The molecule has 2 aliphatic rings. The zero-order valence-corrected chi connectivity index (χ0v) is 17.5. The summed E-state index contributed by atoms with van der Waals surface area (Å²) in [6, 6.07) is 6.27. The van der Waals surface area contributed by atoms with Crippen LogP contribution in [0.15, 0.2) is 29.2 Å². The smallest absolute Gasteiger partial charge is 0.241 e. The third-order valence-electron chi connectivity index (χ3n) is 4.96. The zero-order valence-electron chi connectivity index (χ0n) is 16.7. The molecule has 1 heterocycles. The lowest BCUT2D eigenvalue weighted by molar-refractivity contribution is -0.135. The highest BCUT2D eigenvalue weighted by Crippen LogP contribution is 2.32. The van der Waals surface area contributed by atoms with Crippen molar-refractivity contribution >= 4 is 27.5 Å². The molecule has 1 saturated heterocycles. The second-order valence-electron chi connectivity index (χ2n) is 8.75. The predicted molar refractivity (Wildman–Crippen MR) is 107 cm³/mol. The summed E-state index contributed by atoms with van der Waals surface area (Å²) in [5.41, 5.74) is -0.137. The maximum absolute atomic E-state index is 12.6. The molecule has 0 atom stereocenters. The molecule has 0 aromatic heterocycles. The van der Waals surface area contributed by atoms with Crippen molar-refractivity contribution in [2.24, 2.45) is 11.8 Å². The lowest BCUT2D eigenvalue weighted by atomic mass is 9.95. The van der Waals surface area contributed by atoms with Gasteiger partial charge in [-0.15, -0.1) is 0 Å². The second-order valence-corrected chi connectivity index (χ2v) is 10.4. The van der Waals surface area contributed by atoms with Crippen molar-refractivity contribution in [2.75, 3.05) is 18.4 Å². The molecule has 0 spiro atoms. The van der Waals surface area contributed by atoms with Crippen molar-refractivity contribution in [3.63, 3.8) is 0 Å². The minimum Gasteiger partial charge on any atom is -0.342 e. The Morgan fingerprint density at radius 2 is 1.68 bits per heavy atom. The third-order valence-corrected chi connectivity index (χ3v) is 6.71. The van der Waals surface area contributed by atoms with Gasteiger partial charge in [0.2, 0.25) is 21.8 Å². The highest BCUT2D eigenvalue weighted by molar-refractivity contribution is 7.89. The summed E-state index contributed by atoms with van der Waals surface area (Å²) in [5.74, 6) is 0.132. The second kappa shape index (κ2) is 7.83. The first-order valence-corrected chi connectivity index (χ1v) is 11.3. The van der Waals surface area contributed by atoms with Crippen LogP contribution in [0.4, 0.5) is 5.69 Å². The molecule has 0 bridgehead atoms. The van der Waals surface area contributed by atoms with Gasteiger partial charge in [0.05, 0.1) is 4.90 Å². The molecule has 2 fully saturated rings. The summed E-state index contributed by atoms with van der Waals surface area (Å²) in [4.78, 5) is 26.7. The van der Waals surface area contributed by atoms with Gasteiger partial charge in [-0.1, -0.05) is 6.07 Å². The molecule has 1 aromatic carbocycles. The van der Waals surface area contributed by atoms with Crippen LogP contribution in [-0.2, 0) is 19.6 Å². The fourth-order valence-corrected chi connectivity index (χ4v) is 4.86. The molecule has 8 heteroatoms. The van der Waals surface area contributed by atoms with Gasteiger partial charge in [-0.2, -0.15) is 0 Å². The average Bonchev–Trinajstić information content (AvgIpc) is 3.44. The van der Waals surface area contributed by atoms with Crippen LogP contribution in [0.1, 0.15) is 46.5 Å². The lowest BCUT2D eigenvalue weighted by Crippen LogP contribution is -2.42. The number of benzene rings is 1. The summed E-state index contributed by atoms with van der Waals surface area (Å²) in [7, 11) is -3.67. The third kappa shape index (κ3) is 5.32. The molecule has 154 valence electrons. The van der Waals surface area contributed by atoms with Crippen molar-refractivity contribution in [1.29, 1.82) is 0 Å². The quantitative estimate of drug-likeness (QED) is 0.783. The maximum Gasteiger partial charge on any atom is 0.241 e. The number of amides is 2. The monoisotopic (exact) mass is 407 g/mol. The Hall–Kier alpha value is -1.93.